The second kappa shape index (κ2) is 5.80. The van der Waals surface area contributed by atoms with Gasteiger partial charge in [-0.1, -0.05) is 6.07 Å². The average Bonchev–Trinajstić information content (AvgIpc) is 3.37. The number of fused-ring (bicyclic) bond motifs is 2. The van der Waals surface area contributed by atoms with Gasteiger partial charge in [0.15, 0.2) is 0 Å². The first-order valence-electron chi connectivity index (χ1n) is 8.90. The molecule has 5 rings (SSSR count). The lowest BCUT2D eigenvalue weighted by molar-refractivity contribution is 0.0675. The molecule has 0 unspecified atom stereocenters. The van der Waals surface area contributed by atoms with Crippen LogP contribution in [0.3, 0.4) is 0 Å². The zero-order chi connectivity index (χ0) is 18.5. The van der Waals surface area contributed by atoms with Crippen molar-refractivity contribution in [2.24, 2.45) is 7.05 Å². The molecule has 0 saturated heterocycles. The largest absolute Gasteiger partial charge is 0.348 e. The highest BCUT2D eigenvalue weighted by Crippen LogP contribution is 2.34. The van der Waals surface area contributed by atoms with Crippen LogP contribution in [0.1, 0.15) is 39.3 Å². The number of imidazole rings is 1. The van der Waals surface area contributed by atoms with Crippen LogP contribution in [-0.4, -0.2) is 46.7 Å². The summed E-state index contributed by atoms with van der Waals surface area (Å²) in [4.78, 5) is 22.9. The molecule has 0 spiro atoms. The molecule has 8 heteroatoms. The van der Waals surface area contributed by atoms with Crippen LogP contribution in [-0.2, 0) is 13.5 Å². The van der Waals surface area contributed by atoms with E-state index in [1.54, 1.807) is 18.1 Å². The Kier molecular flexibility index (Phi) is 3.40. The van der Waals surface area contributed by atoms with E-state index in [0.29, 0.717) is 12.2 Å². The van der Waals surface area contributed by atoms with Crippen molar-refractivity contribution < 1.29 is 4.79 Å². The predicted molar refractivity (Wildman–Crippen MR) is 98.3 cm³/mol. The zero-order valence-electron chi connectivity index (χ0n) is 15.1. The summed E-state index contributed by atoms with van der Waals surface area (Å²) < 4.78 is 3.46. The number of pyridine rings is 1. The van der Waals surface area contributed by atoms with Gasteiger partial charge in [-0.25, -0.2) is 9.50 Å². The fourth-order valence-electron chi connectivity index (χ4n) is 3.84. The van der Waals surface area contributed by atoms with Crippen LogP contribution in [0, 0.1) is 6.92 Å². The number of aromatic amines is 1. The molecular formula is C19H19N7O. The van der Waals surface area contributed by atoms with Gasteiger partial charge in [-0.15, -0.1) is 0 Å². The van der Waals surface area contributed by atoms with E-state index in [4.69, 9.17) is 5.10 Å². The number of aromatic nitrogens is 6. The Morgan fingerprint density at radius 1 is 1.26 bits per heavy atom. The maximum Gasteiger partial charge on any atom is 0.273 e. The van der Waals surface area contributed by atoms with Crippen LogP contribution >= 0.6 is 0 Å². The first-order chi connectivity index (χ1) is 13.1. The van der Waals surface area contributed by atoms with E-state index < -0.39 is 0 Å². The van der Waals surface area contributed by atoms with Gasteiger partial charge in [-0.05, 0) is 31.2 Å². The summed E-state index contributed by atoms with van der Waals surface area (Å²) in [7, 11) is 1.80. The molecule has 4 aromatic rings. The van der Waals surface area contributed by atoms with Gasteiger partial charge in [0.2, 0.25) is 0 Å². The Morgan fingerprint density at radius 2 is 2.15 bits per heavy atom. The Morgan fingerprint density at radius 3 is 2.93 bits per heavy atom. The molecular weight excluding hydrogens is 342 g/mol. The molecule has 1 aliphatic heterocycles. The van der Waals surface area contributed by atoms with E-state index in [1.807, 2.05) is 52.9 Å². The minimum absolute atomic E-state index is 0.0613. The molecule has 0 aliphatic carbocycles. The van der Waals surface area contributed by atoms with Crippen LogP contribution in [0.4, 0.5) is 0 Å². The summed E-state index contributed by atoms with van der Waals surface area (Å²) in [6.07, 6.45) is 4.33. The highest BCUT2D eigenvalue weighted by Gasteiger charge is 2.37. The summed E-state index contributed by atoms with van der Waals surface area (Å²) in [6, 6.07) is 9.42. The number of carbonyl (C=O) groups excluding carboxylic acids is 1. The third-order valence-electron chi connectivity index (χ3n) is 5.08. The van der Waals surface area contributed by atoms with Crippen molar-refractivity contribution in [1.29, 1.82) is 0 Å². The lowest BCUT2D eigenvalue weighted by Crippen LogP contribution is -2.41. The van der Waals surface area contributed by atoms with Gasteiger partial charge < -0.3 is 9.88 Å². The van der Waals surface area contributed by atoms with Crippen molar-refractivity contribution in [2.45, 2.75) is 19.4 Å². The van der Waals surface area contributed by atoms with Gasteiger partial charge >= 0.3 is 0 Å². The third kappa shape index (κ3) is 2.44. The highest BCUT2D eigenvalue weighted by molar-refractivity contribution is 5.93. The summed E-state index contributed by atoms with van der Waals surface area (Å²) in [5.74, 6) is -0.0613. The van der Waals surface area contributed by atoms with Crippen molar-refractivity contribution >= 4 is 11.4 Å². The summed E-state index contributed by atoms with van der Waals surface area (Å²) in [6.45, 7) is 2.48. The minimum Gasteiger partial charge on any atom is -0.348 e. The van der Waals surface area contributed by atoms with E-state index in [0.717, 1.165) is 34.7 Å². The number of hydrogen-bond donors (Lipinski definition) is 1. The van der Waals surface area contributed by atoms with Gasteiger partial charge in [0.1, 0.15) is 11.7 Å². The van der Waals surface area contributed by atoms with E-state index in [2.05, 4.69) is 15.1 Å². The van der Waals surface area contributed by atoms with Gasteiger partial charge in [0, 0.05) is 31.9 Å². The molecule has 1 atom stereocenters. The standard InChI is InChI=1S/C19H19N7O/c1-12-9-16(24(2)22-12)19(27)25-8-6-14-17(21-11-20-14)18(25)15-10-13-5-3-4-7-26(13)23-15/h3-5,7,9-11,18H,6,8H2,1-2H3,(H,20,21)/t18-/m0/s1. The van der Waals surface area contributed by atoms with E-state index in [-0.39, 0.29) is 11.9 Å². The quantitative estimate of drug-likeness (QED) is 0.591. The van der Waals surface area contributed by atoms with E-state index in [1.165, 1.54) is 0 Å². The van der Waals surface area contributed by atoms with Crippen LogP contribution < -0.4 is 0 Å². The molecule has 4 aromatic heterocycles. The number of aryl methyl sites for hydroxylation is 2. The van der Waals surface area contributed by atoms with Crippen LogP contribution in [0.15, 0.2) is 42.9 Å². The maximum absolute atomic E-state index is 13.4. The molecule has 5 heterocycles. The number of nitrogens with one attached hydrogen (secondary N) is 1. The number of rotatable bonds is 2. The normalized spacial score (nSPS) is 16.7. The topological polar surface area (TPSA) is 84.1 Å². The van der Waals surface area contributed by atoms with Gasteiger partial charge in [-0.3, -0.25) is 9.48 Å². The lowest BCUT2D eigenvalue weighted by Gasteiger charge is -2.33. The Balaban J connectivity index is 1.64. The summed E-state index contributed by atoms with van der Waals surface area (Å²) in [5.41, 5.74) is 5.10. The molecule has 0 bridgehead atoms. The SMILES string of the molecule is Cc1cc(C(=O)N2CCc3[nH]cnc3[C@@H]2c2cc3ccccn3n2)n(C)n1. The van der Waals surface area contributed by atoms with Crippen molar-refractivity contribution in [3.63, 3.8) is 0 Å². The average molecular weight is 361 g/mol. The van der Waals surface area contributed by atoms with Crippen molar-refractivity contribution in [3.8, 4) is 0 Å². The first kappa shape index (κ1) is 15.8. The van der Waals surface area contributed by atoms with Gasteiger partial charge in [0.05, 0.1) is 28.9 Å². The van der Waals surface area contributed by atoms with E-state index >= 15 is 0 Å². The molecule has 27 heavy (non-hydrogen) atoms. The molecule has 1 N–H and O–H groups in total. The monoisotopic (exact) mass is 361 g/mol. The molecule has 0 saturated carbocycles. The Hall–Kier alpha value is -3.42. The first-order valence-corrected chi connectivity index (χ1v) is 8.90. The molecule has 8 nitrogen and oxygen atoms in total. The Bertz CT molecular complexity index is 1120. The molecule has 0 aromatic carbocycles. The molecule has 136 valence electrons. The summed E-state index contributed by atoms with van der Waals surface area (Å²) >= 11 is 0. The molecule has 0 fully saturated rings. The predicted octanol–water partition coefficient (Wildman–Crippen LogP) is 1.89. The number of carbonyl (C=O) groups is 1. The van der Waals surface area contributed by atoms with E-state index in [9.17, 15) is 4.79 Å². The second-order valence-electron chi connectivity index (χ2n) is 6.85. The van der Waals surface area contributed by atoms with Crippen molar-refractivity contribution in [1.82, 2.24) is 34.3 Å². The fraction of sp³-hybridized carbons (Fsp3) is 0.263. The molecule has 1 aliphatic rings. The minimum atomic E-state index is -0.331. The maximum atomic E-state index is 13.4. The number of hydrogen-bond acceptors (Lipinski definition) is 4. The lowest BCUT2D eigenvalue weighted by atomic mass is 9.99. The van der Waals surface area contributed by atoms with Crippen LogP contribution in [0.25, 0.3) is 5.52 Å². The third-order valence-corrected chi connectivity index (χ3v) is 5.08. The highest BCUT2D eigenvalue weighted by atomic mass is 16.2. The summed E-state index contributed by atoms with van der Waals surface area (Å²) in [5, 5.41) is 9.04. The molecule has 0 radical (unpaired) electrons. The fourth-order valence-corrected chi connectivity index (χ4v) is 3.84. The molecule has 1 amide bonds. The van der Waals surface area contributed by atoms with Crippen molar-refractivity contribution in [2.75, 3.05) is 6.54 Å². The smallest absolute Gasteiger partial charge is 0.273 e. The second-order valence-corrected chi connectivity index (χ2v) is 6.85. The Labute approximate surface area is 155 Å². The number of nitrogens with zero attached hydrogens (tertiary/aromatic N) is 6. The van der Waals surface area contributed by atoms with Crippen LogP contribution in [0.5, 0.6) is 0 Å². The van der Waals surface area contributed by atoms with Gasteiger partial charge in [-0.2, -0.15) is 10.2 Å². The number of H-pyrrole nitrogens is 1. The van der Waals surface area contributed by atoms with Gasteiger partial charge in [0.25, 0.3) is 5.91 Å². The van der Waals surface area contributed by atoms with Crippen LogP contribution in [0.2, 0.25) is 0 Å². The van der Waals surface area contributed by atoms with Crippen molar-refractivity contribution in [3.05, 3.63) is 71.3 Å². The zero-order valence-corrected chi connectivity index (χ0v) is 15.1. The number of amides is 1.